The van der Waals surface area contributed by atoms with Gasteiger partial charge in [-0.2, -0.15) is 18.3 Å². The zero-order valence-electron chi connectivity index (χ0n) is 16.6. The lowest BCUT2D eigenvalue weighted by atomic mass is 10.1. The highest BCUT2D eigenvalue weighted by atomic mass is 35.5. The van der Waals surface area contributed by atoms with Crippen molar-refractivity contribution in [1.29, 1.82) is 0 Å². The summed E-state index contributed by atoms with van der Waals surface area (Å²) in [5.41, 5.74) is -0.0170. The van der Waals surface area contributed by atoms with Gasteiger partial charge in [-0.3, -0.25) is 9.46 Å². The molecule has 0 fully saturated rings. The van der Waals surface area contributed by atoms with Gasteiger partial charge in [-0.15, -0.1) is 0 Å². The number of amides is 1. The van der Waals surface area contributed by atoms with Gasteiger partial charge >= 0.3 is 6.18 Å². The first-order chi connectivity index (χ1) is 15.7. The molecule has 0 N–H and O–H groups in total. The lowest BCUT2D eigenvalue weighted by Crippen LogP contribution is -2.44. The second-order valence-electron chi connectivity index (χ2n) is 7.21. The average Bonchev–Trinajstić information content (AvgIpc) is 3.30. The van der Waals surface area contributed by atoms with Gasteiger partial charge in [0.05, 0.1) is 16.9 Å². The summed E-state index contributed by atoms with van der Waals surface area (Å²) in [5.74, 6) is -0.548. The van der Waals surface area contributed by atoms with Crippen LogP contribution in [0, 0.1) is 0 Å². The number of nitrogens with zero attached hydrogens (tertiary/aromatic N) is 4. The van der Waals surface area contributed by atoms with Crippen molar-refractivity contribution in [2.75, 3.05) is 4.67 Å². The van der Waals surface area contributed by atoms with E-state index < -0.39 is 23.8 Å². The van der Waals surface area contributed by atoms with Gasteiger partial charge in [0, 0.05) is 15.9 Å². The first-order valence-electron chi connectivity index (χ1n) is 9.59. The molecule has 166 valence electrons. The Bertz CT molecular complexity index is 1420. The fourth-order valence-electron chi connectivity index (χ4n) is 3.71. The number of aromatic nitrogens is 3. The number of alkyl halides is 3. The van der Waals surface area contributed by atoms with E-state index in [1.54, 1.807) is 42.5 Å². The Morgan fingerprint density at radius 1 is 0.970 bits per heavy atom. The molecule has 33 heavy (non-hydrogen) atoms. The number of carbonyl (C=O) groups excluding carboxylic acids is 1. The minimum absolute atomic E-state index is 0.0231. The molecule has 0 bridgehead atoms. The maximum atomic E-state index is 13.9. The van der Waals surface area contributed by atoms with Gasteiger partial charge < -0.3 is 0 Å². The third-order valence-electron chi connectivity index (χ3n) is 5.23. The maximum Gasteiger partial charge on any atom is 0.416 e. The molecule has 0 radical (unpaired) electrons. The zero-order valence-corrected chi connectivity index (χ0v) is 19.0. The average molecular weight is 505 g/mol. The van der Waals surface area contributed by atoms with Gasteiger partial charge in [0.25, 0.3) is 5.91 Å². The molecular formula is C22H13ClF3N4OPS. The minimum Gasteiger partial charge on any atom is -0.268 e. The quantitative estimate of drug-likeness (QED) is 0.363. The van der Waals surface area contributed by atoms with Gasteiger partial charge in [-0.25, -0.2) is 9.67 Å². The molecule has 3 aromatic carbocycles. The van der Waals surface area contributed by atoms with E-state index in [-0.39, 0.29) is 16.9 Å². The second-order valence-corrected chi connectivity index (χ2v) is 11.7. The maximum absolute atomic E-state index is 13.9. The molecular weight excluding hydrogens is 492 g/mol. The van der Waals surface area contributed by atoms with Crippen LogP contribution in [-0.4, -0.2) is 20.7 Å². The van der Waals surface area contributed by atoms with Crippen LogP contribution in [0.3, 0.4) is 0 Å². The Kier molecular flexibility index (Phi) is 5.16. The van der Waals surface area contributed by atoms with Crippen molar-refractivity contribution in [1.82, 2.24) is 14.8 Å². The van der Waals surface area contributed by atoms with Crippen LogP contribution in [0.25, 0.3) is 5.69 Å². The van der Waals surface area contributed by atoms with Crippen molar-refractivity contribution in [2.24, 2.45) is 0 Å². The van der Waals surface area contributed by atoms with E-state index in [1.165, 1.54) is 33.9 Å². The van der Waals surface area contributed by atoms with Crippen LogP contribution in [0.2, 0.25) is 5.02 Å². The van der Waals surface area contributed by atoms with Crippen LogP contribution in [0.4, 0.5) is 18.9 Å². The predicted octanol–water partition coefficient (Wildman–Crippen LogP) is 4.95. The van der Waals surface area contributed by atoms with Gasteiger partial charge in [0.1, 0.15) is 12.5 Å². The molecule has 1 amide bonds. The number of hydrogen-bond donors (Lipinski definition) is 0. The summed E-state index contributed by atoms with van der Waals surface area (Å²) in [7, 11) is 0. The smallest absolute Gasteiger partial charge is 0.268 e. The van der Waals surface area contributed by atoms with Crippen LogP contribution in [0.1, 0.15) is 15.9 Å². The molecule has 0 saturated carbocycles. The third kappa shape index (κ3) is 3.47. The molecule has 5 rings (SSSR count). The molecule has 1 atom stereocenters. The Labute approximate surface area is 196 Å². The van der Waals surface area contributed by atoms with Crippen molar-refractivity contribution in [3.05, 3.63) is 95.3 Å². The zero-order chi connectivity index (χ0) is 23.4. The third-order valence-corrected chi connectivity index (χ3v) is 9.90. The summed E-state index contributed by atoms with van der Waals surface area (Å²) in [4.78, 5) is 18.2. The number of hydrogen-bond acceptors (Lipinski definition) is 4. The highest BCUT2D eigenvalue weighted by molar-refractivity contribution is 8.22. The highest BCUT2D eigenvalue weighted by Gasteiger charge is 2.45. The number of halogens is 4. The molecule has 11 heteroatoms. The van der Waals surface area contributed by atoms with E-state index in [4.69, 9.17) is 23.4 Å². The molecule has 4 aromatic rings. The normalized spacial score (nSPS) is 17.4. The molecule has 1 aliphatic heterocycles. The first-order valence-corrected chi connectivity index (χ1v) is 12.7. The van der Waals surface area contributed by atoms with E-state index >= 15 is 0 Å². The molecule has 0 saturated heterocycles. The number of rotatable bonds is 2. The van der Waals surface area contributed by atoms with E-state index in [0.29, 0.717) is 15.9 Å². The van der Waals surface area contributed by atoms with Crippen LogP contribution in [-0.2, 0) is 18.0 Å². The summed E-state index contributed by atoms with van der Waals surface area (Å²) in [6, 6.07) is 18.1. The number of fused-ring (bicyclic) bond motifs is 3. The molecule has 0 aliphatic carbocycles. The molecule has 2 heterocycles. The molecule has 5 nitrogen and oxygen atoms in total. The molecule has 1 unspecified atom stereocenters. The fourth-order valence-corrected chi connectivity index (χ4v) is 7.74. The van der Waals surface area contributed by atoms with E-state index in [9.17, 15) is 18.0 Å². The minimum atomic E-state index is -4.61. The monoisotopic (exact) mass is 504 g/mol. The summed E-state index contributed by atoms with van der Waals surface area (Å²) in [6.45, 7) is 0. The van der Waals surface area contributed by atoms with Gasteiger partial charge in [0.15, 0.2) is 5.57 Å². The number of anilines is 1. The fraction of sp³-hybridized carbons (Fsp3) is 0.0455. The summed E-state index contributed by atoms with van der Waals surface area (Å²) in [5, 5.41) is 5.24. The topological polar surface area (TPSA) is 51.0 Å². The SMILES string of the molecule is O=C(c1ccc(Cl)cc1)N1c2cc(C(F)(F)F)ccc2-n2ncnc2P1(=S)c1ccccc1. The summed E-state index contributed by atoms with van der Waals surface area (Å²) >= 11 is 12.1. The lowest BCUT2D eigenvalue weighted by Gasteiger charge is -2.39. The Morgan fingerprint density at radius 2 is 1.67 bits per heavy atom. The molecule has 1 aliphatic rings. The number of carbonyl (C=O) groups is 1. The standard InChI is InChI=1S/C22H13ClF3N4OPS/c23-16-9-6-14(7-10-16)20(31)30-19-12-15(22(24,25)26)8-11-18(19)29-21(27-13-28-29)32(30,33)17-4-2-1-3-5-17/h1-13H. The predicted molar refractivity (Wildman–Crippen MR) is 125 cm³/mol. The van der Waals surface area contributed by atoms with Gasteiger partial charge in [0.2, 0.25) is 0 Å². The largest absolute Gasteiger partial charge is 0.416 e. The number of benzene rings is 3. The molecule has 0 spiro atoms. The summed E-state index contributed by atoms with van der Waals surface area (Å²) < 4.78 is 43.6. The highest BCUT2D eigenvalue weighted by Crippen LogP contribution is 2.55. The van der Waals surface area contributed by atoms with Crippen molar-refractivity contribution in [3.8, 4) is 5.69 Å². The second kappa shape index (κ2) is 7.80. The van der Waals surface area contributed by atoms with Crippen molar-refractivity contribution in [2.45, 2.75) is 6.18 Å². The Hall–Kier alpha value is -3.00. The van der Waals surface area contributed by atoms with Crippen molar-refractivity contribution < 1.29 is 18.0 Å². The van der Waals surface area contributed by atoms with E-state index in [0.717, 1.165) is 12.1 Å². The first kappa shape index (κ1) is 21.8. The Morgan fingerprint density at radius 3 is 2.33 bits per heavy atom. The summed E-state index contributed by atoms with van der Waals surface area (Å²) in [6.07, 6.45) is -6.57. The van der Waals surface area contributed by atoms with Gasteiger partial charge in [-0.1, -0.05) is 53.7 Å². The van der Waals surface area contributed by atoms with Crippen LogP contribution < -0.4 is 15.5 Å². The lowest BCUT2D eigenvalue weighted by molar-refractivity contribution is -0.137. The van der Waals surface area contributed by atoms with Crippen molar-refractivity contribution >= 4 is 52.1 Å². The van der Waals surface area contributed by atoms with Gasteiger partial charge in [-0.05, 0) is 42.5 Å². The van der Waals surface area contributed by atoms with Crippen LogP contribution >= 0.6 is 17.8 Å². The van der Waals surface area contributed by atoms with Crippen LogP contribution in [0.15, 0.2) is 79.1 Å². The van der Waals surface area contributed by atoms with Crippen molar-refractivity contribution in [3.63, 3.8) is 0 Å². The van der Waals surface area contributed by atoms with Crippen LogP contribution in [0.5, 0.6) is 0 Å². The Balaban J connectivity index is 1.84. The van der Waals surface area contributed by atoms with E-state index in [2.05, 4.69) is 10.1 Å². The van der Waals surface area contributed by atoms with E-state index in [1.807, 2.05) is 0 Å². The molecule has 1 aromatic heterocycles.